The lowest BCUT2D eigenvalue weighted by molar-refractivity contribution is -0.150. The van der Waals surface area contributed by atoms with E-state index in [2.05, 4.69) is 15.9 Å². The van der Waals surface area contributed by atoms with Crippen LogP contribution in [0.2, 0.25) is 5.02 Å². The molecule has 2 fully saturated rings. The molecule has 0 bridgehead atoms. The normalized spacial score (nSPS) is 23.7. The molecule has 1 atom stereocenters. The molecule has 0 N–H and O–H groups in total. The number of methoxy groups -OCH3 is 1. The Morgan fingerprint density at radius 2 is 1.66 bits per heavy atom. The Morgan fingerprint density at radius 1 is 0.969 bits per heavy atom. The Morgan fingerprint density at radius 3 is 2.31 bits per heavy atom. The fourth-order valence-electron chi connectivity index (χ4n) is 5.88. The van der Waals surface area contributed by atoms with Crippen molar-refractivity contribution in [3.05, 3.63) is 53.1 Å². The minimum absolute atomic E-state index is 0.0656. The molecule has 168 valence electrons. The first-order valence-electron chi connectivity index (χ1n) is 11.2. The van der Waals surface area contributed by atoms with Gasteiger partial charge in [0.15, 0.2) is 0 Å². The van der Waals surface area contributed by atoms with Gasteiger partial charge in [-0.3, -0.25) is 9.59 Å². The van der Waals surface area contributed by atoms with Gasteiger partial charge >= 0.3 is 0 Å². The van der Waals surface area contributed by atoms with E-state index in [4.69, 9.17) is 16.3 Å². The Kier molecular flexibility index (Phi) is 5.01. The second kappa shape index (κ2) is 7.51. The number of anilines is 2. The van der Waals surface area contributed by atoms with Crippen molar-refractivity contribution < 1.29 is 14.3 Å². The van der Waals surface area contributed by atoms with Crippen LogP contribution in [0.4, 0.5) is 11.4 Å². The Bertz CT molecular complexity index is 1060. The number of ether oxygens (including phenoxy) is 1. The molecule has 1 spiro atoms. The fraction of sp³-hybridized carbons (Fsp3) is 0.462. The summed E-state index contributed by atoms with van der Waals surface area (Å²) in [5.74, 6) is 0.941. The lowest BCUT2D eigenvalue weighted by atomic mass is 9.56. The van der Waals surface area contributed by atoms with Crippen molar-refractivity contribution in [2.75, 3.05) is 36.5 Å². The summed E-state index contributed by atoms with van der Waals surface area (Å²) in [6.45, 7) is 6.19. The van der Waals surface area contributed by atoms with Gasteiger partial charge in [0.1, 0.15) is 22.7 Å². The molecule has 3 aliphatic rings. The average Bonchev–Trinajstić information content (AvgIpc) is 2.77. The number of halogens is 1. The number of hydrogen-bond donors (Lipinski definition) is 0. The largest absolute Gasteiger partial charge is 0.497 e. The Hall–Kier alpha value is -2.53. The van der Waals surface area contributed by atoms with Gasteiger partial charge in [-0.2, -0.15) is 0 Å². The number of carbonyl (C=O) groups is 2. The van der Waals surface area contributed by atoms with Crippen molar-refractivity contribution >= 4 is 34.5 Å². The highest BCUT2D eigenvalue weighted by atomic mass is 35.5. The number of fused-ring (bicyclic) bond motifs is 4. The monoisotopic (exact) mass is 452 g/mol. The molecule has 2 aromatic carbocycles. The number of ketones is 2. The minimum Gasteiger partial charge on any atom is -0.497 e. The fourth-order valence-corrected chi connectivity index (χ4v) is 6.12. The zero-order chi connectivity index (χ0) is 22.7. The summed E-state index contributed by atoms with van der Waals surface area (Å²) >= 11 is 6.61. The zero-order valence-corrected chi connectivity index (χ0v) is 19.6. The third-order valence-electron chi connectivity index (χ3n) is 7.52. The van der Waals surface area contributed by atoms with Crippen LogP contribution in [0.25, 0.3) is 0 Å². The summed E-state index contributed by atoms with van der Waals surface area (Å²) < 4.78 is 5.30. The topological polar surface area (TPSA) is 49.9 Å². The molecule has 2 heterocycles. The number of benzene rings is 2. The summed E-state index contributed by atoms with van der Waals surface area (Å²) in [5.41, 5.74) is 1.74. The number of piperazine rings is 1. The average molecular weight is 453 g/mol. The number of Topliss-reactive ketones (excluding diaryl/α,β-unsaturated/α-hetero) is 2. The van der Waals surface area contributed by atoms with E-state index in [1.165, 1.54) is 0 Å². The van der Waals surface area contributed by atoms with Gasteiger partial charge < -0.3 is 14.5 Å². The molecule has 5 nitrogen and oxygen atoms in total. The smallest absolute Gasteiger partial charge is 0.149 e. The van der Waals surface area contributed by atoms with Crippen LogP contribution in [0.5, 0.6) is 5.75 Å². The second-order valence-electron chi connectivity index (χ2n) is 10.1. The maximum atomic E-state index is 13.8. The van der Waals surface area contributed by atoms with Gasteiger partial charge in [0.25, 0.3) is 0 Å². The summed E-state index contributed by atoms with van der Waals surface area (Å²) in [6.07, 6.45) is 1.24. The van der Waals surface area contributed by atoms with E-state index in [0.717, 1.165) is 35.8 Å². The van der Waals surface area contributed by atoms with Crippen molar-refractivity contribution in [1.82, 2.24) is 0 Å². The van der Waals surface area contributed by atoms with E-state index in [9.17, 15) is 9.59 Å². The third-order valence-corrected chi connectivity index (χ3v) is 7.87. The van der Waals surface area contributed by atoms with Crippen molar-refractivity contribution in [3.63, 3.8) is 0 Å². The van der Waals surface area contributed by atoms with Gasteiger partial charge in [0.05, 0.1) is 13.2 Å². The maximum absolute atomic E-state index is 13.8. The van der Waals surface area contributed by atoms with Gasteiger partial charge in [0, 0.05) is 48.9 Å². The molecule has 0 aromatic heterocycles. The Labute approximate surface area is 194 Å². The SMILES string of the molecule is COc1ccc(N2CCN3c4cccc(Cl)c4CC4(C(=O)CC(C)(C)CC4=O)[C@H]3C2)cc1. The molecule has 1 aliphatic carbocycles. The summed E-state index contributed by atoms with van der Waals surface area (Å²) in [7, 11) is 1.66. The molecule has 2 aromatic rings. The molecular formula is C26H29ClN2O3. The maximum Gasteiger partial charge on any atom is 0.149 e. The molecule has 32 heavy (non-hydrogen) atoms. The number of rotatable bonds is 2. The van der Waals surface area contributed by atoms with Crippen molar-refractivity contribution in [1.29, 1.82) is 0 Å². The number of hydrogen-bond acceptors (Lipinski definition) is 5. The first-order chi connectivity index (χ1) is 15.2. The molecule has 1 saturated heterocycles. The number of nitrogens with zero attached hydrogens (tertiary/aromatic N) is 2. The molecule has 0 radical (unpaired) electrons. The van der Waals surface area contributed by atoms with Gasteiger partial charge in [-0.15, -0.1) is 0 Å². The van der Waals surface area contributed by atoms with E-state index in [1.807, 2.05) is 50.2 Å². The molecule has 0 amide bonds. The molecule has 0 unspecified atom stereocenters. The van der Waals surface area contributed by atoms with Crippen LogP contribution < -0.4 is 14.5 Å². The van der Waals surface area contributed by atoms with Crippen LogP contribution in [0.1, 0.15) is 32.3 Å². The van der Waals surface area contributed by atoms with Gasteiger partial charge in [-0.25, -0.2) is 0 Å². The highest BCUT2D eigenvalue weighted by molar-refractivity contribution is 6.32. The summed E-state index contributed by atoms with van der Waals surface area (Å²) in [5, 5.41) is 0.642. The van der Waals surface area contributed by atoms with Crippen LogP contribution in [-0.4, -0.2) is 44.4 Å². The summed E-state index contributed by atoms with van der Waals surface area (Å²) in [4.78, 5) is 32.1. The van der Waals surface area contributed by atoms with E-state index in [1.54, 1.807) is 7.11 Å². The van der Waals surface area contributed by atoms with Crippen LogP contribution in [0.15, 0.2) is 42.5 Å². The zero-order valence-electron chi connectivity index (χ0n) is 18.9. The quantitative estimate of drug-likeness (QED) is 0.626. The third kappa shape index (κ3) is 3.21. The minimum atomic E-state index is -1.04. The van der Waals surface area contributed by atoms with Gasteiger partial charge in [0.2, 0.25) is 0 Å². The highest BCUT2D eigenvalue weighted by Gasteiger charge is 2.61. The molecule has 5 rings (SSSR count). The Balaban J connectivity index is 1.59. The molecule has 2 aliphatic heterocycles. The molecule has 6 heteroatoms. The lowest BCUT2D eigenvalue weighted by Gasteiger charge is -2.56. The van der Waals surface area contributed by atoms with Gasteiger partial charge in [-0.05, 0) is 53.8 Å². The standard InChI is InChI=1S/C26H29ClN2O3/c1-25(2)14-23(30)26(24(31)15-25)13-19-20(27)5-4-6-21(19)29-12-11-28(16-22(26)29)17-7-9-18(32-3)10-8-17/h4-10,22H,11-16H2,1-3H3/t22-/m1/s1. The van der Waals surface area contributed by atoms with Gasteiger partial charge in [-0.1, -0.05) is 31.5 Å². The second-order valence-corrected chi connectivity index (χ2v) is 10.5. The van der Waals surface area contributed by atoms with E-state index in [-0.39, 0.29) is 23.0 Å². The van der Waals surface area contributed by atoms with E-state index in [0.29, 0.717) is 30.8 Å². The van der Waals surface area contributed by atoms with Crippen molar-refractivity contribution in [2.24, 2.45) is 10.8 Å². The predicted octanol–water partition coefficient (Wildman–Crippen LogP) is 4.54. The lowest BCUT2D eigenvalue weighted by Crippen LogP contribution is -2.69. The summed E-state index contributed by atoms with van der Waals surface area (Å²) in [6, 6.07) is 13.7. The van der Waals surface area contributed by atoms with Crippen LogP contribution in [0.3, 0.4) is 0 Å². The number of carbonyl (C=O) groups excluding carboxylic acids is 2. The first-order valence-corrected chi connectivity index (χ1v) is 11.6. The molecule has 1 saturated carbocycles. The van der Waals surface area contributed by atoms with Crippen LogP contribution >= 0.6 is 11.6 Å². The predicted molar refractivity (Wildman–Crippen MR) is 127 cm³/mol. The first kappa shape index (κ1) is 21.3. The van der Waals surface area contributed by atoms with E-state index >= 15 is 0 Å². The van der Waals surface area contributed by atoms with Crippen molar-refractivity contribution in [3.8, 4) is 5.75 Å². The van der Waals surface area contributed by atoms with Crippen LogP contribution in [0, 0.1) is 10.8 Å². The molecular weight excluding hydrogens is 424 g/mol. The van der Waals surface area contributed by atoms with Crippen molar-refractivity contribution in [2.45, 2.75) is 39.2 Å². The highest BCUT2D eigenvalue weighted by Crippen LogP contribution is 2.52. The van der Waals surface area contributed by atoms with E-state index < -0.39 is 5.41 Å². The van der Waals surface area contributed by atoms with Crippen LogP contribution in [-0.2, 0) is 16.0 Å².